The van der Waals surface area contributed by atoms with E-state index in [0.717, 1.165) is 16.3 Å². The average molecular weight is 314 g/mol. The molecule has 0 aliphatic heterocycles. The molecular weight excluding hydrogens is 300 g/mol. The topological polar surface area (TPSA) is 64.3 Å². The molecule has 0 aliphatic rings. The predicted molar refractivity (Wildman–Crippen MR) is 84.2 cm³/mol. The molecule has 0 fully saturated rings. The van der Waals surface area contributed by atoms with Crippen molar-refractivity contribution in [1.29, 1.82) is 0 Å². The van der Waals surface area contributed by atoms with Crippen molar-refractivity contribution in [2.75, 3.05) is 13.2 Å². The van der Waals surface area contributed by atoms with Gasteiger partial charge >= 0.3 is 5.97 Å². The lowest BCUT2D eigenvalue weighted by atomic mass is 10.3. The van der Waals surface area contributed by atoms with Crippen molar-refractivity contribution in [3.8, 4) is 16.3 Å². The van der Waals surface area contributed by atoms with E-state index < -0.39 is 5.97 Å². The van der Waals surface area contributed by atoms with Crippen LogP contribution in [0.3, 0.4) is 0 Å². The number of carbonyl (C=O) groups is 1. The Balaban J connectivity index is 2.04. The van der Waals surface area contributed by atoms with Crippen molar-refractivity contribution in [2.24, 2.45) is 0 Å². The van der Waals surface area contributed by atoms with E-state index in [-0.39, 0.29) is 13.2 Å². The van der Waals surface area contributed by atoms with Crippen LogP contribution in [0.25, 0.3) is 16.3 Å². The number of esters is 1. The summed E-state index contributed by atoms with van der Waals surface area (Å²) in [5, 5.41) is 15.3. The Morgan fingerprint density at radius 1 is 1.23 bits per heavy atom. The van der Waals surface area contributed by atoms with E-state index in [2.05, 4.69) is 5.10 Å². The van der Waals surface area contributed by atoms with Gasteiger partial charge in [0.1, 0.15) is 12.3 Å². The fraction of sp³-hybridized carbons (Fsp3) is 0.125. The third kappa shape index (κ3) is 2.93. The molecule has 22 heavy (non-hydrogen) atoms. The Morgan fingerprint density at radius 3 is 2.73 bits per heavy atom. The van der Waals surface area contributed by atoms with Crippen LogP contribution in [0, 0.1) is 0 Å². The van der Waals surface area contributed by atoms with Gasteiger partial charge in [-0.15, -0.1) is 11.3 Å². The fourth-order valence-electron chi connectivity index (χ4n) is 2.05. The molecule has 0 bridgehead atoms. The molecule has 1 N–H and O–H groups in total. The number of para-hydroxylation sites is 1. The lowest BCUT2D eigenvalue weighted by Gasteiger charge is -2.06. The van der Waals surface area contributed by atoms with Crippen LogP contribution in [0.1, 0.15) is 10.5 Å². The van der Waals surface area contributed by atoms with E-state index in [9.17, 15) is 4.79 Å². The second-order valence-corrected chi connectivity index (χ2v) is 5.45. The van der Waals surface area contributed by atoms with E-state index in [1.54, 1.807) is 22.1 Å². The van der Waals surface area contributed by atoms with Gasteiger partial charge in [-0.1, -0.05) is 24.3 Å². The number of hydrogen-bond acceptors (Lipinski definition) is 5. The lowest BCUT2D eigenvalue weighted by Crippen LogP contribution is -2.14. The van der Waals surface area contributed by atoms with Crippen LogP contribution < -0.4 is 0 Å². The maximum atomic E-state index is 12.2. The first-order chi connectivity index (χ1) is 10.8. The Hall–Kier alpha value is -2.44. The second-order valence-electron chi connectivity index (χ2n) is 4.50. The Labute approximate surface area is 131 Å². The van der Waals surface area contributed by atoms with Crippen LogP contribution in [-0.4, -0.2) is 34.1 Å². The quantitative estimate of drug-likeness (QED) is 0.736. The molecule has 3 rings (SSSR count). The number of hydrogen-bond donors (Lipinski definition) is 1. The summed E-state index contributed by atoms with van der Waals surface area (Å²) in [6.07, 6.45) is 0. The summed E-state index contributed by atoms with van der Waals surface area (Å²) < 4.78 is 6.59. The summed E-state index contributed by atoms with van der Waals surface area (Å²) in [4.78, 5) is 13.2. The maximum absolute atomic E-state index is 12.2. The smallest absolute Gasteiger partial charge is 0.357 e. The van der Waals surface area contributed by atoms with Gasteiger partial charge in [0.25, 0.3) is 0 Å². The highest BCUT2D eigenvalue weighted by atomic mass is 32.1. The van der Waals surface area contributed by atoms with Crippen LogP contribution in [0.2, 0.25) is 0 Å². The highest BCUT2D eigenvalue weighted by molar-refractivity contribution is 7.13. The second kappa shape index (κ2) is 6.55. The number of thiophene rings is 1. The number of ether oxygens (including phenoxy) is 1. The normalized spacial score (nSPS) is 10.6. The molecule has 5 nitrogen and oxygen atoms in total. The molecule has 2 heterocycles. The first-order valence-corrected chi connectivity index (χ1v) is 7.65. The molecule has 2 aromatic heterocycles. The molecule has 0 saturated heterocycles. The summed E-state index contributed by atoms with van der Waals surface area (Å²) in [7, 11) is 0. The average Bonchev–Trinajstić information content (AvgIpc) is 3.22. The summed E-state index contributed by atoms with van der Waals surface area (Å²) in [5.41, 5.74) is 1.83. The summed E-state index contributed by atoms with van der Waals surface area (Å²) in [6.45, 7) is -0.240. The van der Waals surface area contributed by atoms with E-state index in [1.807, 2.05) is 47.8 Å². The third-order valence-electron chi connectivity index (χ3n) is 3.02. The van der Waals surface area contributed by atoms with Crippen molar-refractivity contribution in [1.82, 2.24) is 9.78 Å². The summed E-state index contributed by atoms with van der Waals surface area (Å²) in [5.74, 6) is -0.506. The minimum Gasteiger partial charge on any atom is -0.459 e. The van der Waals surface area contributed by atoms with E-state index in [4.69, 9.17) is 9.84 Å². The van der Waals surface area contributed by atoms with Gasteiger partial charge in [-0.05, 0) is 23.6 Å². The minimum atomic E-state index is -0.506. The van der Waals surface area contributed by atoms with Gasteiger partial charge in [-0.25, -0.2) is 9.48 Å². The van der Waals surface area contributed by atoms with Crippen LogP contribution in [0.4, 0.5) is 0 Å². The largest absolute Gasteiger partial charge is 0.459 e. The van der Waals surface area contributed by atoms with Gasteiger partial charge in [0.2, 0.25) is 0 Å². The fourth-order valence-corrected chi connectivity index (χ4v) is 2.73. The first-order valence-electron chi connectivity index (χ1n) is 6.77. The number of rotatable bonds is 5. The molecule has 112 valence electrons. The van der Waals surface area contributed by atoms with Crippen LogP contribution >= 0.6 is 11.3 Å². The first kappa shape index (κ1) is 14.5. The van der Waals surface area contributed by atoms with Crippen molar-refractivity contribution in [3.05, 3.63) is 59.6 Å². The number of aliphatic hydroxyl groups is 1. The van der Waals surface area contributed by atoms with Crippen LogP contribution in [-0.2, 0) is 4.74 Å². The van der Waals surface area contributed by atoms with Gasteiger partial charge in [0, 0.05) is 6.07 Å². The molecule has 0 radical (unpaired) electrons. The van der Waals surface area contributed by atoms with Crippen molar-refractivity contribution < 1.29 is 14.6 Å². The molecule has 0 unspecified atom stereocenters. The Bertz CT molecular complexity index is 751. The van der Waals surface area contributed by atoms with Crippen molar-refractivity contribution >= 4 is 17.3 Å². The number of benzene rings is 1. The number of aromatic nitrogens is 2. The molecule has 0 saturated carbocycles. The molecule has 6 heteroatoms. The number of carbonyl (C=O) groups excluding carboxylic acids is 1. The molecule has 1 aromatic carbocycles. The van der Waals surface area contributed by atoms with Gasteiger partial charge < -0.3 is 9.84 Å². The standard InChI is InChI=1S/C16H14N2O3S/c19-8-9-21-16(20)14-11-13(15-7-4-10-22-15)17-18(14)12-5-2-1-3-6-12/h1-7,10-11,19H,8-9H2. The molecule has 0 spiro atoms. The Kier molecular flexibility index (Phi) is 4.32. The SMILES string of the molecule is O=C(OCCO)c1cc(-c2cccs2)nn1-c1ccccc1. The highest BCUT2D eigenvalue weighted by Crippen LogP contribution is 2.26. The van der Waals surface area contributed by atoms with E-state index in [1.165, 1.54) is 0 Å². The summed E-state index contributed by atoms with van der Waals surface area (Å²) >= 11 is 1.55. The van der Waals surface area contributed by atoms with Gasteiger partial charge in [0.05, 0.1) is 17.2 Å². The molecule has 0 atom stereocenters. The minimum absolute atomic E-state index is 0.0346. The van der Waals surface area contributed by atoms with E-state index in [0.29, 0.717) is 5.69 Å². The molecule has 0 amide bonds. The Morgan fingerprint density at radius 2 is 2.05 bits per heavy atom. The van der Waals surface area contributed by atoms with E-state index >= 15 is 0 Å². The molecule has 3 aromatic rings. The van der Waals surface area contributed by atoms with Crippen molar-refractivity contribution in [3.63, 3.8) is 0 Å². The van der Waals surface area contributed by atoms with Gasteiger partial charge in [-0.2, -0.15) is 5.10 Å². The van der Waals surface area contributed by atoms with Crippen LogP contribution in [0.5, 0.6) is 0 Å². The third-order valence-corrected chi connectivity index (χ3v) is 3.91. The summed E-state index contributed by atoms with van der Waals surface area (Å²) in [6, 6.07) is 15.0. The highest BCUT2D eigenvalue weighted by Gasteiger charge is 2.19. The zero-order valence-electron chi connectivity index (χ0n) is 11.7. The predicted octanol–water partition coefficient (Wildman–Crippen LogP) is 2.75. The molecular formula is C16H14N2O3S. The van der Waals surface area contributed by atoms with Crippen molar-refractivity contribution in [2.45, 2.75) is 0 Å². The number of aliphatic hydroxyl groups excluding tert-OH is 1. The number of nitrogens with zero attached hydrogens (tertiary/aromatic N) is 2. The molecule has 0 aliphatic carbocycles. The maximum Gasteiger partial charge on any atom is 0.357 e. The monoisotopic (exact) mass is 314 g/mol. The zero-order valence-corrected chi connectivity index (χ0v) is 12.5. The van der Waals surface area contributed by atoms with Gasteiger partial charge in [-0.3, -0.25) is 0 Å². The lowest BCUT2D eigenvalue weighted by molar-refractivity contribution is 0.0423. The van der Waals surface area contributed by atoms with Crippen LogP contribution in [0.15, 0.2) is 53.9 Å². The van der Waals surface area contributed by atoms with Gasteiger partial charge in [0.15, 0.2) is 5.69 Å². The zero-order chi connectivity index (χ0) is 15.4.